The van der Waals surface area contributed by atoms with E-state index in [0.29, 0.717) is 24.8 Å². The van der Waals surface area contributed by atoms with Crippen LogP contribution in [0, 0.1) is 11.7 Å². The summed E-state index contributed by atoms with van der Waals surface area (Å²) in [7, 11) is 0. The lowest BCUT2D eigenvalue weighted by atomic mass is 9.82. The summed E-state index contributed by atoms with van der Waals surface area (Å²) in [6.45, 7) is 1.26. The molecule has 0 aromatic heterocycles. The van der Waals surface area contributed by atoms with E-state index in [1.165, 1.54) is 25.1 Å². The molecule has 146 valence electrons. The van der Waals surface area contributed by atoms with Crippen molar-refractivity contribution in [1.82, 2.24) is 10.6 Å². The van der Waals surface area contributed by atoms with Gasteiger partial charge in [0.2, 0.25) is 17.7 Å². The Bertz CT molecular complexity index is 737. The molecule has 1 fully saturated rings. The number of Topliss-reactive ketones (excluding diaryl/α,β-unsaturated/α-hetero) is 1. The largest absolute Gasteiger partial charge is 0.368 e. The van der Waals surface area contributed by atoms with Gasteiger partial charge in [0.05, 0.1) is 0 Å². The molecule has 1 aliphatic carbocycles. The summed E-state index contributed by atoms with van der Waals surface area (Å²) < 4.78 is 13.4. The van der Waals surface area contributed by atoms with Gasteiger partial charge in [-0.25, -0.2) is 4.39 Å². The number of benzene rings is 1. The molecule has 1 aliphatic rings. The van der Waals surface area contributed by atoms with Crippen molar-refractivity contribution < 1.29 is 23.6 Å². The summed E-state index contributed by atoms with van der Waals surface area (Å²) in [4.78, 5) is 47.7. The van der Waals surface area contributed by atoms with Crippen molar-refractivity contribution in [3.8, 4) is 0 Å². The number of carbonyl (C=O) groups excluding carboxylic acids is 4. The van der Waals surface area contributed by atoms with Crippen LogP contribution >= 0.6 is 0 Å². The van der Waals surface area contributed by atoms with Gasteiger partial charge in [-0.1, -0.05) is 12.1 Å². The Hall–Kier alpha value is -2.77. The normalized spacial score (nSPS) is 19.0. The van der Waals surface area contributed by atoms with Crippen molar-refractivity contribution in [2.45, 2.75) is 51.1 Å². The van der Waals surface area contributed by atoms with E-state index in [2.05, 4.69) is 10.6 Å². The molecule has 3 atom stereocenters. The second kappa shape index (κ2) is 9.25. The number of ketones is 1. The number of hydrogen-bond donors (Lipinski definition) is 3. The van der Waals surface area contributed by atoms with Crippen LogP contribution in [0.15, 0.2) is 24.3 Å². The third-order valence-electron chi connectivity index (χ3n) is 4.62. The first-order valence-electron chi connectivity index (χ1n) is 8.89. The number of halogens is 1. The Balaban J connectivity index is 2.13. The van der Waals surface area contributed by atoms with E-state index in [0.717, 1.165) is 0 Å². The molecule has 3 amide bonds. The van der Waals surface area contributed by atoms with E-state index in [1.54, 1.807) is 6.07 Å². The van der Waals surface area contributed by atoms with Gasteiger partial charge in [-0.3, -0.25) is 19.2 Å². The van der Waals surface area contributed by atoms with Gasteiger partial charge in [0.15, 0.2) is 0 Å². The molecular weight excluding hydrogens is 353 g/mol. The third-order valence-corrected chi connectivity index (χ3v) is 4.62. The second-order valence-electron chi connectivity index (χ2n) is 6.87. The lowest BCUT2D eigenvalue weighted by Gasteiger charge is -2.29. The van der Waals surface area contributed by atoms with Gasteiger partial charge in [0.25, 0.3) is 0 Å². The summed E-state index contributed by atoms with van der Waals surface area (Å²) in [6.07, 6.45) is 1.95. The first-order valence-corrected chi connectivity index (χ1v) is 8.89. The van der Waals surface area contributed by atoms with E-state index in [-0.39, 0.29) is 24.5 Å². The quantitative estimate of drug-likeness (QED) is 0.645. The summed E-state index contributed by atoms with van der Waals surface area (Å²) in [6, 6.07) is 3.70. The maximum absolute atomic E-state index is 13.4. The molecule has 27 heavy (non-hydrogen) atoms. The minimum Gasteiger partial charge on any atom is -0.368 e. The standard InChI is InChI=1S/C19H24FN3O4/c1-11(24)22-16(9-12-4-2-6-14(20)8-12)19(27)23-17(18(21)26)13-5-3-7-15(25)10-13/h2,4,6,8,13,16-17H,3,5,7,9-10H2,1H3,(H2,21,26)(H,22,24)(H,23,27)/t13-,16-,17+/m1/s1. The average Bonchev–Trinajstić information content (AvgIpc) is 2.58. The lowest BCUT2D eigenvalue weighted by molar-refractivity contribution is -0.132. The van der Waals surface area contributed by atoms with Crippen LogP contribution in [-0.4, -0.2) is 35.6 Å². The molecule has 1 saturated carbocycles. The molecule has 1 aromatic rings. The Labute approximate surface area is 156 Å². The van der Waals surface area contributed by atoms with Crippen molar-refractivity contribution >= 4 is 23.5 Å². The molecule has 0 bridgehead atoms. The molecule has 0 heterocycles. The number of carbonyl (C=O) groups is 4. The highest BCUT2D eigenvalue weighted by atomic mass is 19.1. The van der Waals surface area contributed by atoms with Gasteiger partial charge in [0.1, 0.15) is 23.7 Å². The predicted molar refractivity (Wildman–Crippen MR) is 95.8 cm³/mol. The van der Waals surface area contributed by atoms with E-state index < -0.39 is 35.6 Å². The molecule has 2 rings (SSSR count). The molecular formula is C19H24FN3O4. The Morgan fingerprint density at radius 3 is 2.63 bits per heavy atom. The van der Waals surface area contributed by atoms with Gasteiger partial charge in [-0.15, -0.1) is 0 Å². The third kappa shape index (κ3) is 6.16. The zero-order valence-corrected chi connectivity index (χ0v) is 15.2. The average molecular weight is 377 g/mol. The first-order chi connectivity index (χ1) is 12.8. The fourth-order valence-electron chi connectivity index (χ4n) is 3.37. The Morgan fingerprint density at radius 2 is 2.04 bits per heavy atom. The van der Waals surface area contributed by atoms with Crippen LogP contribution in [0.5, 0.6) is 0 Å². The van der Waals surface area contributed by atoms with Crippen molar-refractivity contribution in [3.63, 3.8) is 0 Å². The minimum absolute atomic E-state index is 0.0323. The van der Waals surface area contributed by atoms with Crippen LogP contribution in [0.4, 0.5) is 4.39 Å². The molecule has 1 aromatic carbocycles. The minimum atomic E-state index is -0.995. The van der Waals surface area contributed by atoms with E-state index in [4.69, 9.17) is 5.73 Å². The molecule has 4 N–H and O–H groups in total. The molecule has 7 nitrogen and oxygen atoms in total. The lowest BCUT2D eigenvalue weighted by Crippen LogP contribution is -2.56. The molecule has 0 radical (unpaired) electrons. The van der Waals surface area contributed by atoms with E-state index >= 15 is 0 Å². The molecule has 0 unspecified atom stereocenters. The van der Waals surface area contributed by atoms with Crippen LogP contribution in [0.1, 0.15) is 38.2 Å². The maximum atomic E-state index is 13.4. The van der Waals surface area contributed by atoms with E-state index in [1.807, 2.05) is 0 Å². The maximum Gasteiger partial charge on any atom is 0.243 e. The molecule has 8 heteroatoms. The molecule has 0 spiro atoms. The number of primary amides is 1. The Morgan fingerprint density at radius 1 is 1.30 bits per heavy atom. The number of nitrogens with two attached hydrogens (primary N) is 1. The highest BCUT2D eigenvalue weighted by molar-refractivity contribution is 5.92. The highest BCUT2D eigenvalue weighted by Crippen LogP contribution is 2.24. The fraction of sp³-hybridized carbons (Fsp3) is 0.474. The zero-order chi connectivity index (χ0) is 20.0. The fourth-order valence-corrected chi connectivity index (χ4v) is 3.37. The van der Waals surface area contributed by atoms with Crippen LogP contribution in [0.25, 0.3) is 0 Å². The molecule has 0 aliphatic heterocycles. The first kappa shape index (κ1) is 20.5. The second-order valence-corrected chi connectivity index (χ2v) is 6.87. The van der Waals surface area contributed by atoms with Gasteiger partial charge >= 0.3 is 0 Å². The van der Waals surface area contributed by atoms with Crippen molar-refractivity contribution in [2.24, 2.45) is 11.7 Å². The summed E-state index contributed by atoms with van der Waals surface area (Å²) in [5.74, 6) is -2.54. The van der Waals surface area contributed by atoms with Crippen LogP contribution in [0.2, 0.25) is 0 Å². The van der Waals surface area contributed by atoms with Crippen LogP contribution in [0.3, 0.4) is 0 Å². The topological polar surface area (TPSA) is 118 Å². The predicted octanol–water partition coefficient (Wildman–Crippen LogP) is 0.602. The van der Waals surface area contributed by atoms with E-state index in [9.17, 15) is 23.6 Å². The summed E-state index contributed by atoms with van der Waals surface area (Å²) in [5.41, 5.74) is 5.95. The summed E-state index contributed by atoms with van der Waals surface area (Å²) in [5, 5.41) is 5.08. The van der Waals surface area contributed by atoms with Crippen molar-refractivity contribution in [1.29, 1.82) is 0 Å². The smallest absolute Gasteiger partial charge is 0.243 e. The van der Waals surface area contributed by atoms with Crippen LogP contribution in [-0.2, 0) is 25.6 Å². The number of hydrogen-bond acceptors (Lipinski definition) is 4. The van der Waals surface area contributed by atoms with Gasteiger partial charge in [-0.2, -0.15) is 0 Å². The Kier molecular flexibility index (Phi) is 7.04. The number of rotatable bonds is 7. The van der Waals surface area contributed by atoms with Crippen molar-refractivity contribution in [3.05, 3.63) is 35.6 Å². The monoisotopic (exact) mass is 377 g/mol. The van der Waals surface area contributed by atoms with Gasteiger partial charge in [-0.05, 0) is 36.5 Å². The highest BCUT2D eigenvalue weighted by Gasteiger charge is 2.33. The summed E-state index contributed by atoms with van der Waals surface area (Å²) >= 11 is 0. The molecule has 0 saturated heterocycles. The SMILES string of the molecule is CC(=O)N[C@H](Cc1cccc(F)c1)C(=O)N[C@H](C(N)=O)[C@@H]1CCCC(=O)C1. The number of amides is 3. The van der Waals surface area contributed by atoms with Gasteiger partial charge < -0.3 is 16.4 Å². The van der Waals surface area contributed by atoms with Crippen LogP contribution < -0.4 is 16.4 Å². The van der Waals surface area contributed by atoms with Crippen molar-refractivity contribution in [2.75, 3.05) is 0 Å². The van der Waals surface area contributed by atoms with Gasteiger partial charge in [0, 0.05) is 26.2 Å². The number of nitrogens with one attached hydrogen (secondary N) is 2. The zero-order valence-electron chi connectivity index (χ0n) is 15.2.